The van der Waals surface area contributed by atoms with Gasteiger partial charge in [-0.1, -0.05) is 31.9 Å². The van der Waals surface area contributed by atoms with Crippen molar-refractivity contribution in [2.24, 2.45) is 0 Å². The third-order valence-electron chi connectivity index (χ3n) is 3.60. The Hall–Kier alpha value is -2.54. The van der Waals surface area contributed by atoms with Crippen LogP contribution in [0.25, 0.3) is 6.08 Å². The van der Waals surface area contributed by atoms with E-state index < -0.39 is 11.5 Å². The van der Waals surface area contributed by atoms with Crippen molar-refractivity contribution in [2.75, 3.05) is 7.11 Å². The summed E-state index contributed by atoms with van der Waals surface area (Å²) in [4.78, 5) is 23.3. The molecule has 4 nitrogen and oxygen atoms in total. The van der Waals surface area contributed by atoms with Crippen LogP contribution in [0.15, 0.2) is 30.3 Å². The highest BCUT2D eigenvalue weighted by molar-refractivity contribution is 5.93. The van der Waals surface area contributed by atoms with Gasteiger partial charge in [-0.2, -0.15) is 0 Å². The Morgan fingerprint density at radius 1 is 1.27 bits per heavy atom. The summed E-state index contributed by atoms with van der Waals surface area (Å²) in [6, 6.07) is 6.77. The quantitative estimate of drug-likeness (QED) is 0.499. The second kappa shape index (κ2) is 8.04. The first-order valence-corrected chi connectivity index (χ1v) is 7.16. The van der Waals surface area contributed by atoms with Crippen molar-refractivity contribution in [3.63, 3.8) is 0 Å². The number of hydrogen-bond acceptors (Lipinski definition) is 3. The number of nitrogens with one attached hydrogen (secondary N) is 1. The smallest absolute Gasteiger partial charge is 0.337 e. The zero-order chi connectivity index (χ0) is 16.6. The fourth-order valence-corrected chi connectivity index (χ4v) is 1.96. The maximum atomic E-state index is 12.0. The number of benzene rings is 1. The first-order chi connectivity index (χ1) is 10.5. The number of rotatable bonds is 6. The van der Waals surface area contributed by atoms with Gasteiger partial charge in [0.15, 0.2) is 0 Å². The molecule has 1 rings (SSSR count). The van der Waals surface area contributed by atoms with Gasteiger partial charge in [-0.15, -0.1) is 6.42 Å². The van der Waals surface area contributed by atoms with Crippen LogP contribution in [0, 0.1) is 12.3 Å². The molecule has 116 valence electrons. The molecule has 0 spiro atoms. The van der Waals surface area contributed by atoms with Gasteiger partial charge in [-0.3, -0.25) is 4.79 Å². The molecule has 0 aliphatic rings. The Morgan fingerprint density at radius 2 is 1.86 bits per heavy atom. The van der Waals surface area contributed by atoms with Gasteiger partial charge in [0.2, 0.25) is 5.91 Å². The molecule has 0 aromatic heterocycles. The van der Waals surface area contributed by atoms with Gasteiger partial charge in [-0.05, 0) is 36.6 Å². The van der Waals surface area contributed by atoms with E-state index in [1.165, 1.54) is 13.2 Å². The van der Waals surface area contributed by atoms with Crippen molar-refractivity contribution < 1.29 is 14.3 Å². The van der Waals surface area contributed by atoms with E-state index in [0.29, 0.717) is 18.4 Å². The number of hydrogen-bond donors (Lipinski definition) is 1. The van der Waals surface area contributed by atoms with E-state index in [9.17, 15) is 9.59 Å². The van der Waals surface area contributed by atoms with Crippen LogP contribution in [0.2, 0.25) is 0 Å². The topological polar surface area (TPSA) is 55.4 Å². The maximum absolute atomic E-state index is 12.0. The Balaban J connectivity index is 2.74. The zero-order valence-electron chi connectivity index (χ0n) is 13.2. The molecule has 0 unspecified atom stereocenters. The number of amides is 1. The number of methoxy groups -OCH3 is 1. The summed E-state index contributed by atoms with van der Waals surface area (Å²) in [7, 11) is 1.33. The Bertz CT molecular complexity index is 590. The molecule has 0 radical (unpaired) electrons. The summed E-state index contributed by atoms with van der Waals surface area (Å²) in [6.45, 7) is 3.89. The Labute approximate surface area is 131 Å². The summed E-state index contributed by atoms with van der Waals surface area (Å²) in [5.74, 6) is 2.03. The lowest BCUT2D eigenvalue weighted by Crippen LogP contribution is -2.45. The van der Waals surface area contributed by atoms with Gasteiger partial charge in [0, 0.05) is 6.08 Å². The van der Waals surface area contributed by atoms with Crippen LogP contribution >= 0.6 is 0 Å². The highest BCUT2D eigenvalue weighted by Crippen LogP contribution is 2.13. The normalized spacial score (nSPS) is 11.0. The molecule has 0 fully saturated rings. The molecule has 1 aromatic rings. The van der Waals surface area contributed by atoms with Gasteiger partial charge in [-0.25, -0.2) is 4.79 Å². The van der Waals surface area contributed by atoms with Gasteiger partial charge in [0.1, 0.15) is 5.54 Å². The number of terminal acetylenes is 1. The molecular weight excluding hydrogens is 278 g/mol. The van der Waals surface area contributed by atoms with Crippen LogP contribution in [-0.2, 0) is 9.53 Å². The zero-order valence-corrected chi connectivity index (χ0v) is 13.2. The van der Waals surface area contributed by atoms with Crippen molar-refractivity contribution in [3.8, 4) is 12.3 Å². The first kappa shape index (κ1) is 17.5. The third kappa shape index (κ3) is 4.49. The molecule has 0 aliphatic heterocycles. The van der Waals surface area contributed by atoms with Crippen molar-refractivity contribution in [2.45, 2.75) is 32.2 Å². The molecular formula is C18H21NO3. The van der Waals surface area contributed by atoms with E-state index in [2.05, 4.69) is 16.0 Å². The summed E-state index contributed by atoms with van der Waals surface area (Å²) < 4.78 is 4.63. The molecule has 0 saturated heterocycles. The van der Waals surface area contributed by atoms with E-state index in [4.69, 9.17) is 6.42 Å². The fraction of sp³-hybridized carbons (Fsp3) is 0.333. The molecule has 1 amide bonds. The molecule has 1 N–H and O–H groups in total. The minimum Gasteiger partial charge on any atom is -0.465 e. The molecule has 22 heavy (non-hydrogen) atoms. The average molecular weight is 299 g/mol. The highest BCUT2D eigenvalue weighted by Gasteiger charge is 2.24. The van der Waals surface area contributed by atoms with Crippen LogP contribution in [0.3, 0.4) is 0 Å². The van der Waals surface area contributed by atoms with Crippen molar-refractivity contribution in [3.05, 3.63) is 41.5 Å². The van der Waals surface area contributed by atoms with Gasteiger partial charge >= 0.3 is 5.97 Å². The summed E-state index contributed by atoms with van der Waals surface area (Å²) in [5.41, 5.74) is 0.672. The summed E-state index contributed by atoms with van der Waals surface area (Å²) in [5, 5.41) is 2.85. The summed E-state index contributed by atoms with van der Waals surface area (Å²) >= 11 is 0. The minimum atomic E-state index is -0.601. The second-order valence-corrected chi connectivity index (χ2v) is 4.87. The second-order valence-electron chi connectivity index (χ2n) is 4.87. The Morgan fingerprint density at radius 3 is 2.32 bits per heavy atom. The highest BCUT2D eigenvalue weighted by atomic mass is 16.5. The van der Waals surface area contributed by atoms with Crippen LogP contribution in [0.1, 0.15) is 42.6 Å². The maximum Gasteiger partial charge on any atom is 0.337 e. The first-order valence-electron chi connectivity index (χ1n) is 7.16. The SMILES string of the molecule is C#CC(CC)(CC)NC(=O)/C=C/c1ccc(C(=O)OC)cc1. The van der Waals surface area contributed by atoms with E-state index in [1.807, 2.05) is 13.8 Å². The van der Waals surface area contributed by atoms with E-state index in [-0.39, 0.29) is 5.91 Å². The minimum absolute atomic E-state index is 0.237. The van der Waals surface area contributed by atoms with Crippen LogP contribution in [0.4, 0.5) is 0 Å². The lowest BCUT2D eigenvalue weighted by atomic mass is 9.94. The van der Waals surface area contributed by atoms with Gasteiger partial charge in [0.05, 0.1) is 12.7 Å². The molecule has 0 heterocycles. The summed E-state index contributed by atoms with van der Waals surface area (Å²) in [6.07, 6.45) is 9.96. The van der Waals surface area contributed by atoms with E-state index in [1.54, 1.807) is 30.3 Å². The van der Waals surface area contributed by atoms with Gasteiger partial charge in [0.25, 0.3) is 0 Å². The number of esters is 1. The Kier molecular flexibility index (Phi) is 6.40. The van der Waals surface area contributed by atoms with E-state index >= 15 is 0 Å². The third-order valence-corrected chi connectivity index (χ3v) is 3.60. The molecule has 0 bridgehead atoms. The lowest BCUT2D eigenvalue weighted by Gasteiger charge is -2.26. The molecule has 0 saturated carbocycles. The predicted molar refractivity (Wildman–Crippen MR) is 87.1 cm³/mol. The largest absolute Gasteiger partial charge is 0.465 e. The molecule has 0 aliphatic carbocycles. The van der Waals surface area contributed by atoms with Crippen LogP contribution in [0.5, 0.6) is 0 Å². The standard InChI is InChI=1S/C18H21NO3/c1-5-18(6-2,7-3)19-16(20)13-10-14-8-11-15(12-9-14)17(21)22-4/h1,8-13H,6-7H2,2-4H3,(H,19,20)/b13-10+. The number of carbonyl (C=O) groups is 2. The predicted octanol–water partition coefficient (Wildman–Crippen LogP) is 2.79. The fourth-order valence-electron chi connectivity index (χ4n) is 1.96. The van der Waals surface area contributed by atoms with Crippen LogP contribution in [-0.4, -0.2) is 24.5 Å². The number of carbonyl (C=O) groups excluding carboxylic acids is 2. The monoisotopic (exact) mass is 299 g/mol. The van der Waals surface area contributed by atoms with Crippen LogP contribution < -0.4 is 5.32 Å². The van der Waals surface area contributed by atoms with Crippen molar-refractivity contribution in [1.29, 1.82) is 0 Å². The van der Waals surface area contributed by atoms with Crippen molar-refractivity contribution in [1.82, 2.24) is 5.32 Å². The van der Waals surface area contributed by atoms with Crippen molar-refractivity contribution >= 4 is 18.0 Å². The molecule has 1 aromatic carbocycles. The average Bonchev–Trinajstić information content (AvgIpc) is 2.57. The molecule has 0 atom stereocenters. The number of ether oxygens (including phenoxy) is 1. The van der Waals surface area contributed by atoms with Gasteiger partial charge < -0.3 is 10.1 Å². The molecule has 4 heteroatoms. The van der Waals surface area contributed by atoms with E-state index in [0.717, 1.165) is 5.56 Å². The lowest BCUT2D eigenvalue weighted by molar-refractivity contribution is -0.117.